The average Bonchev–Trinajstić information content (AvgIpc) is 3.01. The van der Waals surface area contributed by atoms with Gasteiger partial charge in [0.2, 0.25) is 0 Å². The van der Waals surface area contributed by atoms with E-state index >= 15 is 0 Å². The highest BCUT2D eigenvalue weighted by molar-refractivity contribution is 6.00. The van der Waals surface area contributed by atoms with Gasteiger partial charge in [0.1, 0.15) is 5.60 Å². The van der Waals surface area contributed by atoms with E-state index in [-0.39, 0.29) is 6.61 Å². The number of hydrogen-bond donors (Lipinski definition) is 3. The number of H-pyrrole nitrogens is 1. The SMILES string of the molecule is CC(C)(C)OC(=O)Nc1c[nH]c2cc(-c3ccc(CCCO)cc3)ccc12. The number of aromatic nitrogens is 1. The third-order valence-electron chi connectivity index (χ3n) is 4.23. The third-order valence-corrected chi connectivity index (χ3v) is 4.23. The van der Waals surface area contributed by atoms with Gasteiger partial charge in [-0.3, -0.25) is 5.32 Å². The quantitative estimate of drug-likeness (QED) is 0.587. The van der Waals surface area contributed by atoms with E-state index in [1.54, 1.807) is 6.20 Å². The van der Waals surface area contributed by atoms with Crippen LogP contribution in [-0.2, 0) is 11.2 Å². The number of amides is 1. The number of carbonyl (C=O) groups is 1. The Morgan fingerprint density at radius 1 is 1.11 bits per heavy atom. The number of fused-ring (bicyclic) bond motifs is 1. The normalized spacial score (nSPS) is 11.6. The average molecular weight is 366 g/mol. The van der Waals surface area contributed by atoms with Crippen molar-refractivity contribution in [1.29, 1.82) is 0 Å². The molecule has 0 aliphatic heterocycles. The maximum absolute atomic E-state index is 12.0. The smallest absolute Gasteiger partial charge is 0.412 e. The second-order valence-corrected chi connectivity index (χ2v) is 7.61. The maximum atomic E-state index is 12.0. The van der Waals surface area contributed by atoms with Crippen molar-refractivity contribution >= 4 is 22.7 Å². The summed E-state index contributed by atoms with van der Waals surface area (Å²) in [5.41, 5.74) is 4.56. The molecule has 27 heavy (non-hydrogen) atoms. The summed E-state index contributed by atoms with van der Waals surface area (Å²) in [5.74, 6) is 0. The molecule has 1 heterocycles. The molecule has 3 rings (SSSR count). The summed E-state index contributed by atoms with van der Waals surface area (Å²) in [6, 6.07) is 14.5. The Morgan fingerprint density at radius 2 is 1.81 bits per heavy atom. The summed E-state index contributed by atoms with van der Waals surface area (Å²) >= 11 is 0. The Balaban J connectivity index is 1.78. The lowest BCUT2D eigenvalue weighted by atomic mass is 10.0. The van der Waals surface area contributed by atoms with Crippen molar-refractivity contribution in [2.75, 3.05) is 11.9 Å². The second-order valence-electron chi connectivity index (χ2n) is 7.61. The van der Waals surface area contributed by atoms with Gasteiger partial charge in [0, 0.05) is 23.7 Å². The van der Waals surface area contributed by atoms with Gasteiger partial charge in [0.25, 0.3) is 0 Å². The standard InChI is InChI=1S/C22H26N2O3/c1-22(2,3)27-21(26)24-20-14-23-19-13-17(10-11-18(19)20)16-8-6-15(7-9-16)5-4-12-25/h6-11,13-14,23,25H,4-5,12H2,1-3H3,(H,24,26). The van der Waals surface area contributed by atoms with Crippen LogP contribution in [0.4, 0.5) is 10.5 Å². The predicted molar refractivity (Wildman–Crippen MR) is 109 cm³/mol. The zero-order valence-corrected chi connectivity index (χ0v) is 16.0. The Labute approximate surface area is 159 Å². The summed E-state index contributed by atoms with van der Waals surface area (Å²) in [6.45, 7) is 5.72. The number of hydrogen-bond acceptors (Lipinski definition) is 3. The van der Waals surface area contributed by atoms with E-state index in [2.05, 4.69) is 40.6 Å². The minimum Gasteiger partial charge on any atom is -0.444 e. The van der Waals surface area contributed by atoms with Gasteiger partial charge in [0.05, 0.1) is 5.69 Å². The van der Waals surface area contributed by atoms with Crippen LogP contribution in [0.15, 0.2) is 48.7 Å². The number of aryl methyl sites for hydroxylation is 1. The highest BCUT2D eigenvalue weighted by Crippen LogP contribution is 2.29. The van der Waals surface area contributed by atoms with Crippen LogP contribution in [0, 0.1) is 0 Å². The number of benzene rings is 2. The van der Waals surface area contributed by atoms with Gasteiger partial charge in [-0.05, 0) is 56.4 Å². The van der Waals surface area contributed by atoms with Crippen LogP contribution in [0.2, 0.25) is 0 Å². The Hall–Kier alpha value is -2.79. The molecule has 0 saturated heterocycles. The Bertz CT molecular complexity index is 921. The van der Waals surface area contributed by atoms with Gasteiger partial charge in [-0.1, -0.05) is 36.4 Å². The summed E-state index contributed by atoms with van der Waals surface area (Å²) in [4.78, 5) is 15.2. The lowest BCUT2D eigenvalue weighted by Gasteiger charge is -2.19. The minimum absolute atomic E-state index is 0.213. The number of anilines is 1. The lowest BCUT2D eigenvalue weighted by molar-refractivity contribution is 0.0636. The van der Waals surface area contributed by atoms with Crippen LogP contribution < -0.4 is 5.32 Å². The van der Waals surface area contributed by atoms with E-state index in [9.17, 15) is 4.79 Å². The molecule has 0 spiro atoms. The molecule has 5 heteroatoms. The molecule has 0 saturated carbocycles. The fourth-order valence-corrected chi connectivity index (χ4v) is 2.97. The lowest BCUT2D eigenvalue weighted by Crippen LogP contribution is -2.27. The molecule has 5 nitrogen and oxygen atoms in total. The van der Waals surface area contributed by atoms with Crippen molar-refractivity contribution in [3.63, 3.8) is 0 Å². The van der Waals surface area contributed by atoms with E-state index in [1.807, 2.05) is 32.9 Å². The molecule has 0 aliphatic carbocycles. The molecule has 3 N–H and O–H groups in total. The molecule has 0 bridgehead atoms. The zero-order valence-electron chi connectivity index (χ0n) is 16.0. The molecule has 1 amide bonds. The first-order chi connectivity index (χ1) is 12.9. The van der Waals surface area contributed by atoms with E-state index < -0.39 is 11.7 Å². The first-order valence-corrected chi connectivity index (χ1v) is 9.17. The van der Waals surface area contributed by atoms with Crippen LogP contribution in [0.25, 0.3) is 22.0 Å². The van der Waals surface area contributed by atoms with Gasteiger partial charge >= 0.3 is 6.09 Å². The fourth-order valence-electron chi connectivity index (χ4n) is 2.97. The molecule has 0 aliphatic rings. The molecule has 0 radical (unpaired) electrons. The molecular formula is C22H26N2O3. The molecule has 2 aromatic carbocycles. The third kappa shape index (κ3) is 4.89. The Morgan fingerprint density at radius 3 is 2.48 bits per heavy atom. The first kappa shape index (κ1) is 19.0. The highest BCUT2D eigenvalue weighted by atomic mass is 16.6. The largest absolute Gasteiger partial charge is 0.444 e. The summed E-state index contributed by atoms with van der Waals surface area (Å²) < 4.78 is 5.31. The number of aliphatic hydroxyl groups is 1. The number of rotatable bonds is 5. The number of nitrogens with one attached hydrogen (secondary N) is 2. The van der Waals surface area contributed by atoms with Crippen LogP contribution in [0.3, 0.4) is 0 Å². The molecule has 0 atom stereocenters. The van der Waals surface area contributed by atoms with Gasteiger partial charge in [-0.2, -0.15) is 0 Å². The fraction of sp³-hybridized carbons (Fsp3) is 0.318. The molecule has 0 unspecified atom stereocenters. The van der Waals surface area contributed by atoms with Crippen LogP contribution in [-0.4, -0.2) is 28.4 Å². The van der Waals surface area contributed by atoms with E-state index in [1.165, 1.54) is 5.56 Å². The molecule has 0 fully saturated rings. The molecule has 1 aromatic heterocycles. The summed E-state index contributed by atoms with van der Waals surface area (Å²) in [5, 5.41) is 12.7. The van der Waals surface area contributed by atoms with Crippen molar-refractivity contribution in [1.82, 2.24) is 4.98 Å². The number of aromatic amines is 1. The first-order valence-electron chi connectivity index (χ1n) is 9.17. The van der Waals surface area contributed by atoms with Crippen molar-refractivity contribution in [2.24, 2.45) is 0 Å². The van der Waals surface area contributed by atoms with Gasteiger partial charge < -0.3 is 14.8 Å². The predicted octanol–water partition coefficient (Wildman–Crippen LogP) is 5.11. The van der Waals surface area contributed by atoms with Gasteiger partial charge in [-0.25, -0.2) is 4.79 Å². The number of carbonyl (C=O) groups excluding carboxylic acids is 1. The topological polar surface area (TPSA) is 74.3 Å². The van der Waals surface area contributed by atoms with Crippen molar-refractivity contribution in [2.45, 2.75) is 39.2 Å². The summed E-state index contributed by atoms with van der Waals surface area (Å²) in [7, 11) is 0. The number of aliphatic hydroxyl groups excluding tert-OH is 1. The molecule has 3 aromatic rings. The van der Waals surface area contributed by atoms with Gasteiger partial charge in [-0.15, -0.1) is 0 Å². The van der Waals surface area contributed by atoms with Crippen LogP contribution in [0.5, 0.6) is 0 Å². The molecule has 142 valence electrons. The van der Waals surface area contributed by atoms with Crippen LogP contribution in [0.1, 0.15) is 32.8 Å². The zero-order chi connectivity index (χ0) is 19.4. The van der Waals surface area contributed by atoms with E-state index in [4.69, 9.17) is 9.84 Å². The van der Waals surface area contributed by atoms with Crippen molar-refractivity contribution in [3.05, 3.63) is 54.2 Å². The highest BCUT2D eigenvalue weighted by Gasteiger charge is 2.17. The monoisotopic (exact) mass is 366 g/mol. The van der Waals surface area contributed by atoms with Crippen molar-refractivity contribution < 1.29 is 14.6 Å². The van der Waals surface area contributed by atoms with E-state index in [0.29, 0.717) is 5.69 Å². The minimum atomic E-state index is -0.535. The molecular weight excluding hydrogens is 340 g/mol. The van der Waals surface area contributed by atoms with Crippen LogP contribution >= 0.6 is 0 Å². The maximum Gasteiger partial charge on any atom is 0.412 e. The Kier molecular flexibility index (Phi) is 5.51. The number of ether oxygens (including phenoxy) is 1. The summed E-state index contributed by atoms with van der Waals surface area (Å²) in [6.07, 6.45) is 2.97. The van der Waals surface area contributed by atoms with Gasteiger partial charge in [0.15, 0.2) is 0 Å². The second kappa shape index (κ2) is 7.84. The van der Waals surface area contributed by atoms with Crippen molar-refractivity contribution in [3.8, 4) is 11.1 Å². The van der Waals surface area contributed by atoms with E-state index in [0.717, 1.165) is 34.9 Å².